The standard InChI is InChI=1S/C33H60O12/c1-4-6-8-9-10-11-12-13-14-15-16-17-18-20-24(34)41-21-23-26(36)27(37)31(32(40)43-23)45-33-29(39)28(38)30(22(3)42-33)44-25(35)19-7-5-2/h22-23,26-33,36-40H,4-21H2,1-3H3/t22-,23+,26+,27+,28+,29-,30+,31-,32+,33-/m1/s1. The molecule has 2 rings (SSSR count). The fourth-order valence-corrected chi connectivity index (χ4v) is 5.71. The zero-order valence-corrected chi connectivity index (χ0v) is 27.6. The number of aliphatic hydroxyl groups excluding tert-OH is 5. The molecular formula is C33H60O12. The summed E-state index contributed by atoms with van der Waals surface area (Å²) in [6.45, 7) is 5.30. The molecule has 12 nitrogen and oxygen atoms in total. The van der Waals surface area contributed by atoms with Crippen LogP contribution in [0.25, 0.3) is 0 Å². The van der Waals surface area contributed by atoms with Crippen molar-refractivity contribution in [3.05, 3.63) is 0 Å². The van der Waals surface area contributed by atoms with Crippen molar-refractivity contribution in [3.63, 3.8) is 0 Å². The van der Waals surface area contributed by atoms with Crippen LogP contribution in [0.5, 0.6) is 0 Å². The fourth-order valence-electron chi connectivity index (χ4n) is 5.71. The number of unbranched alkanes of at least 4 members (excludes halogenated alkanes) is 13. The minimum absolute atomic E-state index is 0.161. The van der Waals surface area contributed by atoms with Gasteiger partial charge in [-0.1, -0.05) is 97.3 Å². The molecule has 264 valence electrons. The predicted molar refractivity (Wildman–Crippen MR) is 165 cm³/mol. The lowest BCUT2D eigenvalue weighted by Crippen LogP contribution is -2.64. The molecule has 0 amide bonds. The zero-order valence-electron chi connectivity index (χ0n) is 27.6. The van der Waals surface area contributed by atoms with E-state index in [4.69, 9.17) is 23.7 Å². The van der Waals surface area contributed by atoms with Gasteiger partial charge >= 0.3 is 11.9 Å². The van der Waals surface area contributed by atoms with E-state index >= 15 is 0 Å². The van der Waals surface area contributed by atoms with Crippen LogP contribution < -0.4 is 0 Å². The molecule has 45 heavy (non-hydrogen) atoms. The second-order valence-corrected chi connectivity index (χ2v) is 12.6. The Balaban J connectivity index is 1.65. The Morgan fingerprint density at radius 3 is 1.69 bits per heavy atom. The van der Waals surface area contributed by atoms with E-state index in [1.165, 1.54) is 64.7 Å². The first-order chi connectivity index (χ1) is 21.6. The summed E-state index contributed by atoms with van der Waals surface area (Å²) in [5, 5.41) is 52.9. The number of carbonyl (C=O) groups excluding carboxylic acids is 2. The molecule has 0 bridgehead atoms. The van der Waals surface area contributed by atoms with Crippen LogP contribution in [-0.2, 0) is 33.3 Å². The van der Waals surface area contributed by atoms with Crippen molar-refractivity contribution < 1.29 is 58.8 Å². The van der Waals surface area contributed by atoms with Crippen molar-refractivity contribution in [2.75, 3.05) is 6.61 Å². The van der Waals surface area contributed by atoms with E-state index in [-0.39, 0.29) is 19.4 Å². The molecule has 5 N–H and O–H groups in total. The van der Waals surface area contributed by atoms with Gasteiger partial charge < -0.3 is 49.2 Å². The first-order valence-electron chi connectivity index (χ1n) is 17.3. The summed E-state index contributed by atoms with van der Waals surface area (Å²) < 4.78 is 27.0. The molecule has 2 saturated heterocycles. The summed E-state index contributed by atoms with van der Waals surface area (Å²) in [7, 11) is 0. The maximum Gasteiger partial charge on any atom is 0.306 e. The monoisotopic (exact) mass is 648 g/mol. The van der Waals surface area contributed by atoms with Crippen LogP contribution in [0.1, 0.15) is 130 Å². The molecule has 12 heteroatoms. The molecule has 2 aliphatic heterocycles. The summed E-state index contributed by atoms with van der Waals surface area (Å²) in [4.78, 5) is 24.2. The Morgan fingerprint density at radius 1 is 0.600 bits per heavy atom. The van der Waals surface area contributed by atoms with E-state index in [1.54, 1.807) is 0 Å². The fraction of sp³-hybridized carbons (Fsp3) is 0.939. The topological polar surface area (TPSA) is 181 Å². The molecule has 0 saturated carbocycles. The molecule has 2 heterocycles. The van der Waals surface area contributed by atoms with Crippen LogP contribution in [0.15, 0.2) is 0 Å². The van der Waals surface area contributed by atoms with Gasteiger partial charge in [-0.2, -0.15) is 0 Å². The molecule has 0 radical (unpaired) electrons. The Morgan fingerprint density at radius 2 is 1.11 bits per heavy atom. The van der Waals surface area contributed by atoms with Crippen LogP contribution in [0.3, 0.4) is 0 Å². The minimum Gasteiger partial charge on any atom is -0.463 e. The van der Waals surface area contributed by atoms with Gasteiger partial charge in [0.25, 0.3) is 0 Å². The third-order valence-electron chi connectivity index (χ3n) is 8.63. The highest BCUT2D eigenvalue weighted by Crippen LogP contribution is 2.30. The highest BCUT2D eigenvalue weighted by atomic mass is 16.7. The summed E-state index contributed by atoms with van der Waals surface area (Å²) in [6, 6.07) is 0. The number of aliphatic hydroxyl groups is 5. The van der Waals surface area contributed by atoms with Gasteiger partial charge in [-0.05, 0) is 19.8 Å². The lowest BCUT2D eigenvalue weighted by Gasteiger charge is -2.45. The Bertz CT molecular complexity index is 813. The van der Waals surface area contributed by atoms with Crippen molar-refractivity contribution in [1.29, 1.82) is 0 Å². The summed E-state index contributed by atoms with van der Waals surface area (Å²) in [5.41, 5.74) is 0. The largest absolute Gasteiger partial charge is 0.463 e. The first-order valence-corrected chi connectivity index (χ1v) is 17.3. The minimum atomic E-state index is -1.76. The first kappa shape index (κ1) is 39.8. The van der Waals surface area contributed by atoms with E-state index in [9.17, 15) is 35.1 Å². The second-order valence-electron chi connectivity index (χ2n) is 12.6. The predicted octanol–water partition coefficient (Wildman–Crippen LogP) is 3.40. The maximum absolute atomic E-state index is 12.2. The van der Waals surface area contributed by atoms with Gasteiger partial charge in [-0.3, -0.25) is 9.59 Å². The van der Waals surface area contributed by atoms with E-state index in [1.807, 2.05) is 6.92 Å². The summed E-state index contributed by atoms with van der Waals surface area (Å²) >= 11 is 0. The van der Waals surface area contributed by atoms with Gasteiger partial charge in [-0.15, -0.1) is 0 Å². The van der Waals surface area contributed by atoms with Crippen LogP contribution in [0.4, 0.5) is 0 Å². The number of hydrogen-bond acceptors (Lipinski definition) is 12. The number of hydrogen-bond donors (Lipinski definition) is 5. The van der Waals surface area contributed by atoms with Crippen LogP contribution in [0, 0.1) is 0 Å². The Kier molecular flexibility index (Phi) is 19.7. The van der Waals surface area contributed by atoms with E-state index in [0.29, 0.717) is 12.8 Å². The normalized spacial score (nSPS) is 31.9. The number of rotatable bonds is 22. The van der Waals surface area contributed by atoms with Gasteiger partial charge in [0.1, 0.15) is 43.2 Å². The molecule has 10 atom stereocenters. The SMILES string of the molecule is CCCCCCCCCCCCCCCC(=O)OC[C@@H]1O[C@H](O)[C@H](O[C@H]2O[C@H](C)[C@H](OC(=O)CCCC)[C@@H](O)[C@H]2O)[C@@H](O)[C@H]1O. The molecule has 0 aromatic heterocycles. The van der Waals surface area contributed by atoms with Gasteiger partial charge in [0.2, 0.25) is 0 Å². The highest BCUT2D eigenvalue weighted by Gasteiger charge is 2.51. The quantitative estimate of drug-likeness (QED) is 0.0854. The Labute approximate surface area is 268 Å². The molecule has 2 fully saturated rings. The van der Waals surface area contributed by atoms with Crippen LogP contribution in [-0.4, -0.2) is 105 Å². The van der Waals surface area contributed by atoms with Gasteiger partial charge in [0, 0.05) is 12.8 Å². The van der Waals surface area contributed by atoms with E-state index < -0.39 is 73.4 Å². The number of esters is 2. The molecule has 0 aromatic rings. The Hall–Kier alpha value is -1.38. The summed E-state index contributed by atoms with van der Waals surface area (Å²) in [5.74, 6) is -0.989. The van der Waals surface area contributed by atoms with Crippen molar-refractivity contribution in [1.82, 2.24) is 0 Å². The highest BCUT2D eigenvalue weighted by molar-refractivity contribution is 5.69. The van der Waals surface area contributed by atoms with Gasteiger partial charge in [0.15, 0.2) is 18.7 Å². The maximum atomic E-state index is 12.2. The third kappa shape index (κ3) is 14.1. The molecule has 0 unspecified atom stereocenters. The van der Waals surface area contributed by atoms with Crippen LogP contribution >= 0.6 is 0 Å². The smallest absolute Gasteiger partial charge is 0.306 e. The van der Waals surface area contributed by atoms with Gasteiger partial charge in [-0.25, -0.2) is 0 Å². The molecule has 2 aliphatic rings. The average molecular weight is 649 g/mol. The molecular weight excluding hydrogens is 588 g/mol. The van der Waals surface area contributed by atoms with Crippen molar-refractivity contribution >= 4 is 11.9 Å². The number of carbonyl (C=O) groups is 2. The average Bonchev–Trinajstić information content (AvgIpc) is 3.02. The summed E-state index contributed by atoms with van der Waals surface area (Å²) in [6.07, 6.45) is 2.75. The lowest BCUT2D eigenvalue weighted by atomic mass is 9.97. The van der Waals surface area contributed by atoms with Crippen LogP contribution in [0.2, 0.25) is 0 Å². The number of ether oxygens (including phenoxy) is 5. The van der Waals surface area contributed by atoms with E-state index in [0.717, 1.165) is 25.7 Å². The zero-order chi connectivity index (χ0) is 33.2. The third-order valence-corrected chi connectivity index (χ3v) is 8.63. The van der Waals surface area contributed by atoms with E-state index in [2.05, 4.69) is 6.92 Å². The van der Waals surface area contributed by atoms with Crippen molar-refractivity contribution in [3.8, 4) is 0 Å². The second kappa shape index (κ2) is 22.2. The van der Waals surface area contributed by atoms with Gasteiger partial charge in [0.05, 0.1) is 6.10 Å². The molecule has 0 aromatic carbocycles. The molecule has 0 aliphatic carbocycles. The van der Waals surface area contributed by atoms with Crippen molar-refractivity contribution in [2.45, 2.75) is 191 Å². The lowest BCUT2D eigenvalue weighted by molar-refractivity contribution is -0.359. The molecule has 0 spiro atoms. The van der Waals surface area contributed by atoms with Crippen molar-refractivity contribution in [2.24, 2.45) is 0 Å².